The summed E-state index contributed by atoms with van der Waals surface area (Å²) in [5.74, 6) is -0.396. The molecule has 2 heterocycles. The van der Waals surface area contributed by atoms with Gasteiger partial charge in [0, 0.05) is 0 Å². The molecule has 0 saturated carbocycles. The van der Waals surface area contributed by atoms with E-state index < -0.39 is 12.0 Å². The van der Waals surface area contributed by atoms with Gasteiger partial charge in [-0.2, -0.15) is 0 Å². The van der Waals surface area contributed by atoms with Gasteiger partial charge in [0.25, 0.3) is 5.56 Å². The Morgan fingerprint density at radius 1 is 1.21 bits per heavy atom. The van der Waals surface area contributed by atoms with Crippen molar-refractivity contribution in [1.82, 2.24) is 4.57 Å². The van der Waals surface area contributed by atoms with Gasteiger partial charge in [-0.25, -0.2) is 9.79 Å². The van der Waals surface area contributed by atoms with Crippen LogP contribution in [-0.2, 0) is 9.53 Å². The van der Waals surface area contributed by atoms with E-state index in [-0.39, 0.29) is 17.9 Å². The first-order valence-corrected chi connectivity index (χ1v) is 12.6. The lowest BCUT2D eigenvalue weighted by Gasteiger charge is -2.24. The van der Waals surface area contributed by atoms with Crippen LogP contribution in [0.4, 0.5) is 0 Å². The van der Waals surface area contributed by atoms with Crippen LogP contribution in [0.15, 0.2) is 66.4 Å². The summed E-state index contributed by atoms with van der Waals surface area (Å²) in [4.78, 5) is 31.6. The molecule has 1 N–H and O–H groups in total. The van der Waals surface area contributed by atoms with Crippen LogP contribution in [0.5, 0.6) is 5.75 Å². The minimum atomic E-state index is -0.638. The van der Waals surface area contributed by atoms with Crippen LogP contribution >= 0.6 is 43.2 Å². The number of aromatic nitrogens is 1. The number of hydrogen-bond donors (Lipinski definition) is 1. The summed E-state index contributed by atoms with van der Waals surface area (Å²) in [6, 6.07) is 10.6. The Hall–Kier alpha value is -2.49. The number of esters is 1. The number of ether oxygens (including phenoxy) is 1. The van der Waals surface area contributed by atoms with Gasteiger partial charge in [-0.1, -0.05) is 41.2 Å². The highest BCUT2D eigenvalue weighted by molar-refractivity contribution is 9.11. The number of hydrogen-bond acceptors (Lipinski definition) is 6. The normalized spacial score (nSPS) is 15.9. The maximum absolute atomic E-state index is 13.6. The molecule has 33 heavy (non-hydrogen) atoms. The molecule has 6 nitrogen and oxygen atoms in total. The zero-order valence-electron chi connectivity index (χ0n) is 18.1. The van der Waals surface area contributed by atoms with Gasteiger partial charge in [0.1, 0.15) is 5.75 Å². The summed E-state index contributed by atoms with van der Waals surface area (Å²) in [6.07, 6.45) is 1.74. The van der Waals surface area contributed by atoms with Crippen LogP contribution in [-0.4, -0.2) is 22.2 Å². The molecule has 1 atom stereocenters. The number of carbonyl (C=O) groups is 1. The number of benzene rings is 2. The van der Waals surface area contributed by atoms with Crippen molar-refractivity contribution in [2.45, 2.75) is 26.8 Å². The van der Waals surface area contributed by atoms with Crippen molar-refractivity contribution < 1.29 is 14.6 Å². The summed E-state index contributed by atoms with van der Waals surface area (Å²) in [5.41, 5.74) is 3.24. The number of aromatic hydroxyl groups is 1. The molecule has 3 aromatic rings. The third-order valence-corrected chi connectivity index (χ3v) is 7.44. The van der Waals surface area contributed by atoms with Crippen molar-refractivity contribution in [3.8, 4) is 5.75 Å². The zero-order chi connectivity index (χ0) is 23.9. The molecule has 0 aliphatic carbocycles. The number of rotatable bonds is 4. The Morgan fingerprint density at radius 2 is 1.85 bits per heavy atom. The van der Waals surface area contributed by atoms with E-state index >= 15 is 0 Å². The molecule has 0 unspecified atom stereocenters. The Morgan fingerprint density at radius 3 is 2.45 bits per heavy atom. The standard InChI is InChI=1S/C24H20Br2N2O4S/c1-4-32-23(31)19-13(3)27-24-28(20(19)15-7-5-12(2)6-8-15)22(30)18(33-24)11-14-9-16(25)21(29)17(26)10-14/h5-11,20,29H,4H2,1-3H3/b18-11-/t20-/m1/s1. The number of allylic oxidation sites excluding steroid dienone is 1. The molecule has 4 rings (SSSR count). The van der Waals surface area contributed by atoms with Gasteiger partial charge in [-0.05, 0) is 82.0 Å². The number of halogens is 2. The van der Waals surface area contributed by atoms with E-state index in [4.69, 9.17) is 4.74 Å². The van der Waals surface area contributed by atoms with E-state index in [1.54, 1.807) is 36.6 Å². The van der Waals surface area contributed by atoms with Crippen molar-refractivity contribution in [3.05, 3.63) is 93.0 Å². The average molecular weight is 592 g/mol. The molecule has 1 aromatic heterocycles. The van der Waals surface area contributed by atoms with Crippen LogP contribution in [0.25, 0.3) is 6.08 Å². The summed E-state index contributed by atoms with van der Waals surface area (Å²) >= 11 is 7.90. The molecule has 0 radical (unpaired) electrons. The monoisotopic (exact) mass is 590 g/mol. The van der Waals surface area contributed by atoms with Crippen molar-refractivity contribution >= 4 is 55.2 Å². The SMILES string of the molecule is CCOC(=O)C1=C(C)N=c2s/c(=C\c3cc(Br)c(O)c(Br)c3)c(=O)n2[C@@H]1c1ccc(C)cc1. The number of carbonyl (C=O) groups excluding carboxylic acids is 1. The molecule has 1 aliphatic heterocycles. The molecule has 0 bridgehead atoms. The van der Waals surface area contributed by atoms with Gasteiger partial charge < -0.3 is 9.84 Å². The van der Waals surface area contributed by atoms with Crippen LogP contribution in [0.2, 0.25) is 0 Å². The van der Waals surface area contributed by atoms with Crippen molar-refractivity contribution in [2.75, 3.05) is 6.61 Å². The molecule has 9 heteroatoms. The van der Waals surface area contributed by atoms with Crippen LogP contribution < -0.4 is 14.9 Å². The molecular weight excluding hydrogens is 572 g/mol. The fourth-order valence-electron chi connectivity index (χ4n) is 3.68. The van der Waals surface area contributed by atoms with Crippen molar-refractivity contribution in [2.24, 2.45) is 4.99 Å². The predicted molar refractivity (Wildman–Crippen MR) is 135 cm³/mol. The van der Waals surface area contributed by atoms with Gasteiger partial charge in [-0.15, -0.1) is 0 Å². The second kappa shape index (κ2) is 9.40. The topological polar surface area (TPSA) is 80.9 Å². The van der Waals surface area contributed by atoms with Gasteiger partial charge in [0.05, 0.1) is 37.4 Å². The highest BCUT2D eigenvalue weighted by Crippen LogP contribution is 2.34. The van der Waals surface area contributed by atoms with E-state index in [1.807, 2.05) is 31.2 Å². The fraction of sp³-hybridized carbons (Fsp3) is 0.208. The van der Waals surface area contributed by atoms with Gasteiger partial charge in [0.2, 0.25) is 0 Å². The molecular formula is C24H20Br2N2O4S. The lowest BCUT2D eigenvalue weighted by atomic mass is 9.95. The summed E-state index contributed by atoms with van der Waals surface area (Å²) in [6.45, 7) is 5.72. The number of phenols is 1. The van der Waals surface area contributed by atoms with Crippen molar-refractivity contribution in [1.29, 1.82) is 0 Å². The molecule has 2 aromatic carbocycles. The second-order valence-electron chi connectivity index (χ2n) is 7.55. The minimum absolute atomic E-state index is 0.0858. The third kappa shape index (κ3) is 4.49. The van der Waals surface area contributed by atoms with Crippen LogP contribution in [0.3, 0.4) is 0 Å². The highest BCUT2D eigenvalue weighted by atomic mass is 79.9. The number of nitrogens with zero attached hydrogens (tertiary/aromatic N) is 2. The smallest absolute Gasteiger partial charge is 0.338 e. The third-order valence-electron chi connectivity index (χ3n) is 5.25. The fourth-order valence-corrected chi connectivity index (χ4v) is 5.94. The summed E-state index contributed by atoms with van der Waals surface area (Å²) in [5, 5.41) is 9.98. The van der Waals surface area contributed by atoms with E-state index in [0.29, 0.717) is 29.5 Å². The Balaban J connectivity index is 1.96. The Labute approximate surface area is 210 Å². The first kappa shape index (κ1) is 23.7. The predicted octanol–water partition coefficient (Wildman–Crippen LogP) is 4.34. The van der Waals surface area contributed by atoms with Crippen LogP contribution in [0.1, 0.15) is 36.6 Å². The molecule has 0 saturated heterocycles. The molecule has 0 fully saturated rings. The lowest BCUT2D eigenvalue weighted by molar-refractivity contribution is -0.139. The minimum Gasteiger partial charge on any atom is -0.506 e. The summed E-state index contributed by atoms with van der Waals surface area (Å²) < 4.78 is 8.35. The molecule has 0 amide bonds. The van der Waals surface area contributed by atoms with E-state index in [9.17, 15) is 14.7 Å². The molecule has 170 valence electrons. The maximum Gasteiger partial charge on any atom is 0.338 e. The van der Waals surface area contributed by atoms with Crippen LogP contribution in [0, 0.1) is 6.92 Å². The Kier molecular flexibility index (Phi) is 6.74. The first-order valence-electron chi connectivity index (χ1n) is 10.2. The maximum atomic E-state index is 13.6. The van der Waals surface area contributed by atoms with Gasteiger partial charge in [0.15, 0.2) is 4.80 Å². The Bertz CT molecular complexity index is 1450. The lowest BCUT2D eigenvalue weighted by Crippen LogP contribution is -2.39. The van der Waals surface area contributed by atoms with E-state index in [2.05, 4.69) is 36.9 Å². The average Bonchev–Trinajstić information content (AvgIpc) is 3.06. The number of aryl methyl sites for hydroxylation is 1. The number of fused-ring (bicyclic) bond motifs is 1. The van der Waals surface area contributed by atoms with Gasteiger partial charge in [-0.3, -0.25) is 9.36 Å². The first-order chi connectivity index (χ1) is 15.7. The highest BCUT2D eigenvalue weighted by Gasteiger charge is 2.33. The van der Waals surface area contributed by atoms with E-state index in [1.165, 1.54) is 11.3 Å². The van der Waals surface area contributed by atoms with Crippen molar-refractivity contribution in [3.63, 3.8) is 0 Å². The molecule has 1 aliphatic rings. The van der Waals surface area contributed by atoms with Gasteiger partial charge >= 0.3 is 5.97 Å². The summed E-state index contributed by atoms with van der Waals surface area (Å²) in [7, 11) is 0. The second-order valence-corrected chi connectivity index (χ2v) is 10.3. The number of phenolic OH excluding ortho intramolecular Hbond substituents is 1. The molecule has 0 spiro atoms. The van der Waals surface area contributed by atoms with E-state index in [0.717, 1.165) is 16.7 Å². The zero-order valence-corrected chi connectivity index (χ0v) is 22.0. The largest absolute Gasteiger partial charge is 0.506 e. The quantitative estimate of drug-likeness (QED) is 0.458. The number of thiazole rings is 1.